The molecule has 186 valence electrons. The van der Waals surface area contributed by atoms with Crippen LogP contribution >= 0.6 is 0 Å². The van der Waals surface area contributed by atoms with Crippen LogP contribution in [0.5, 0.6) is 0 Å². The lowest BCUT2D eigenvalue weighted by Gasteiger charge is -2.31. The van der Waals surface area contributed by atoms with Crippen molar-refractivity contribution in [1.29, 1.82) is 5.26 Å². The van der Waals surface area contributed by atoms with Gasteiger partial charge in [0.05, 0.1) is 23.7 Å². The van der Waals surface area contributed by atoms with Gasteiger partial charge in [-0.3, -0.25) is 9.69 Å². The van der Waals surface area contributed by atoms with E-state index in [1.54, 1.807) is 4.90 Å². The maximum Gasteiger partial charge on any atom is 0.416 e. The molecule has 10 heteroatoms. The number of amides is 1. The first-order valence-electron chi connectivity index (χ1n) is 11.6. The van der Waals surface area contributed by atoms with Gasteiger partial charge in [0.15, 0.2) is 0 Å². The molecule has 1 aromatic carbocycles. The van der Waals surface area contributed by atoms with Crippen molar-refractivity contribution < 1.29 is 22.8 Å². The Kier molecular flexibility index (Phi) is 8.01. The van der Waals surface area contributed by atoms with E-state index in [2.05, 4.69) is 11.4 Å². The number of carbonyl (C=O) groups is 2. The van der Waals surface area contributed by atoms with Gasteiger partial charge in [-0.1, -0.05) is 19.1 Å². The fourth-order valence-corrected chi connectivity index (χ4v) is 5.03. The van der Waals surface area contributed by atoms with Crippen LogP contribution < -0.4 is 11.1 Å². The lowest BCUT2D eigenvalue weighted by Crippen LogP contribution is -2.54. The number of nitriles is 1. The highest BCUT2D eigenvalue weighted by molar-refractivity contribution is 5.83. The Morgan fingerprint density at radius 2 is 1.94 bits per heavy atom. The van der Waals surface area contributed by atoms with Crippen LogP contribution in [0.2, 0.25) is 0 Å². The summed E-state index contributed by atoms with van der Waals surface area (Å²) in [6.45, 7) is 6.44. The fraction of sp³-hybridized carbons (Fsp3) is 0.625. The molecule has 2 aliphatic rings. The number of nitrogens with zero attached hydrogens (tertiary/aromatic N) is 3. The van der Waals surface area contributed by atoms with Crippen LogP contribution in [0.3, 0.4) is 0 Å². The largest absolute Gasteiger partial charge is 0.416 e. The van der Waals surface area contributed by atoms with Crippen molar-refractivity contribution in [3.63, 3.8) is 0 Å². The predicted octanol–water partition coefficient (Wildman–Crippen LogP) is 2.47. The molecule has 7 atom stereocenters. The number of carbonyl (C=O) groups excluding carboxylic acids is 2. The Morgan fingerprint density at radius 3 is 2.50 bits per heavy atom. The van der Waals surface area contributed by atoms with Crippen LogP contribution in [0.25, 0.3) is 0 Å². The van der Waals surface area contributed by atoms with E-state index in [1.165, 1.54) is 12.1 Å². The van der Waals surface area contributed by atoms with Crippen molar-refractivity contribution >= 4 is 12.2 Å². The highest BCUT2D eigenvalue weighted by Gasteiger charge is 2.42. The molecule has 1 aromatic rings. The predicted molar refractivity (Wildman–Crippen MR) is 120 cm³/mol. The normalized spacial score (nSPS) is 29.6. The molecule has 2 saturated heterocycles. The molecule has 0 saturated carbocycles. The quantitative estimate of drug-likeness (QED) is 0.583. The Morgan fingerprint density at radius 1 is 1.29 bits per heavy atom. The van der Waals surface area contributed by atoms with E-state index < -0.39 is 29.9 Å². The summed E-state index contributed by atoms with van der Waals surface area (Å²) < 4.78 is 38.4. The van der Waals surface area contributed by atoms with Crippen molar-refractivity contribution in [3.05, 3.63) is 35.4 Å². The molecule has 0 aromatic heterocycles. The number of hydrogen-bond acceptors (Lipinski definition) is 6. The zero-order chi connectivity index (χ0) is 25.2. The Labute approximate surface area is 198 Å². The van der Waals surface area contributed by atoms with Gasteiger partial charge < -0.3 is 20.7 Å². The van der Waals surface area contributed by atoms with Gasteiger partial charge in [0.2, 0.25) is 5.91 Å². The summed E-state index contributed by atoms with van der Waals surface area (Å²) in [5.74, 6) is -0.0850. The van der Waals surface area contributed by atoms with Crippen molar-refractivity contribution in [2.75, 3.05) is 13.1 Å². The average Bonchev–Trinajstić information content (AvgIpc) is 3.31. The van der Waals surface area contributed by atoms with Gasteiger partial charge in [-0.15, -0.1) is 0 Å². The molecule has 0 aliphatic carbocycles. The van der Waals surface area contributed by atoms with Gasteiger partial charge in [0, 0.05) is 31.2 Å². The third kappa shape index (κ3) is 5.59. The zero-order valence-corrected chi connectivity index (χ0v) is 19.6. The first kappa shape index (κ1) is 26.1. The van der Waals surface area contributed by atoms with Gasteiger partial charge in [-0.05, 0) is 50.3 Å². The molecular weight excluding hydrogens is 447 g/mol. The summed E-state index contributed by atoms with van der Waals surface area (Å²) in [5, 5.41) is 12.8. The molecule has 2 aliphatic heterocycles. The molecule has 34 heavy (non-hydrogen) atoms. The molecule has 7 unspecified atom stereocenters. The fourth-order valence-electron chi connectivity index (χ4n) is 5.03. The molecule has 0 radical (unpaired) electrons. The van der Waals surface area contributed by atoms with Gasteiger partial charge in [-0.2, -0.15) is 18.4 Å². The lowest BCUT2D eigenvalue weighted by atomic mass is 10.0. The van der Waals surface area contributed by atoms with E-state index in [1.807, 2.05) is 25.7 Å². The van der Waals surface area contributed by atoms with Gasteiger partial charge in [0.1, 0.15) is 12.3 Å². The summed E-state index contributed by atoms with van der Waals surface area (Å²) in [7, 11) is 0. The van der Waals surface area contributed by atoms with Gasteiger partial charge in [-0.25, -0.2) is 0 Å². The minimum absolute atomic E-state index is 0.0809. The van der Waals surface area contributed by atoms with Crippen molar-refractivity contribution in [3.8, 4) is 6.07 Å². The maximum absolute atomic E-state index is 13.0. The van der Waals surface area contributed by atoms with E-state index in [-0.39, 0.29) is 36.5 Å². The van der Waals surface area contributed by atoms with Crippen LogP contribution in [0, 0.1) is 17.2 Å². The number of benzene rings is 1. The van der Waals surface area contributed by atoms with Crippen LogP contribution in [-0.4, -0.2) is 65.3 Å². The monoisotopic (exact) mass is 479 g/mol. The molecule has 2 heterocycles. The molecule has 3 N–H and O–H groups in total. The van der Waals surface area contributed by atoms with Crippen molar-refractivity contribution in [1.82, 2.24) is 15.1 Å². The number of nitrogens with one attached hydrogen (secondary N) is 1. The van der Waals surface area contributed by atoms with E-state index in [0.29, 0.717) is 24.9 Å². The van der Waals surface area contributed by atoms with E-state index in [0.717, 1.165) is 18.4 Å². The zero-order valence-electron chi connectivity index (χ0n) is 19.6. The maximum atomic E-state index is 13.0. The average molecular weight is 480 g/mol. The Hall–Kier alpha value is -2.48. The van der Waals surface area contributed by atoms with E-state index >= 15 is 0 Å². The number of nitrogens with two attached hydrogens (primary N) is 1. The smallest absolute Gasteiger partial charge is 0.322 e. The first-order valence-corrected chi connectivity index (χ1v) is 11.6. The Balaban J connectivity index is 1.60. The number of aldehydes is 1. The van der Waals surface area contributed by atoms with Crippen LogP contribution in [0.15, 0.2) is 24.3 Å². The molecule has 2 fully saturated rings. The second kappa shape index (κ2) is 10.4. The molecule has 0 spiro atoms. The highest BCUT2D eigenvalue weighted by Crippen LogP contribution is 2.31. The van der Waals surface area contributed by atoms with Crippen molar-refractivity contribution in [2.24, 2.45) is 11.7 Å². The minimum Gasteiger partial charge on any atom is -0.322 e. The first-order chi connectivity index (χ1) is 16.0. The van der Waals surface area contributed by atoms with Gasteiger partial charge >= 0.3 is 6.18 Å². The SMILES string of the molecule is CC(NC1CC(C=O)N(CC(N)C(=O)N2C(C#N)CC(C)C2C)C1)c1ccc(C(F)(F)F)cc1. The Bertz CT molecular complexity index is 917. The summed E-state index contributed by atoms with van der Waals surface area (Å²) in [6, 6.07) is 5.02. The number of halogens is 3. The van der Waals surface area contributed by atoms with Crippen molar-refractivity contribution in [2.45, 2.75) is 76.0 Å². The molecule has 1 amide bonds. The van der Waals surface area contributed by atoms with E-state index in [9.17, 15) is 28.0 Å². The number of rotatable bonds is 7. The van der Waals surface area contributed by atoms with Crippen LogP contribution in [0.1, 0.15) is 50.8 Å². The minimum atomic E-state index is -4.38. The number of alkyl halides is 3. The standard InChI is InChI=1S/C24H32F3N5O2/c1-14-8-20(10-28)32(16(14)3)23(34)22(29)12-31-11-19(9-21(31)13-33)30-15(2)17-4-6-18(7-5-17)24(25,26)27/h4-7,13-16,19-22,30H,8-9,11-12,29H2,1-3H3. The summed E-state index contributed by atoms with van der Waals surface area (Å²) in [6.07, 6.45) is -2.43. The van der Waals surface area contributed by atoms with Crippen LogP contribution in [0.4, 0.5) is 13.2 Å². The third-order valence-corrected chi connectivity index (χ3v) is 7.18. The highest BCUT2D eigenvalue weighted by atomic mass is 19.4. The summed E-state index contributed by atoms with van der Waals surface area (Å²) in [5.41, 5.74) is 6.25. The lowest BCUT2D eigenvalue weighted by molar-refractivity contribution is -0.137. The molecular formula is C24H32F3N5O2. The molecule has 3 rings (SSSR count). The summed E-state index contributed by atoms with van der Waals surface area (Å²) in [4.78, 5) is 28.2. The third-order valence-electron chi connectivity index (χ3n) is 7.18. The van der Waals surface area contributed by atoms with Crippen LogP contribution in [-0.2, 0) is 15.8 Å². The molecule has 7 nitrogen and oxygen atoms in total. The molecule has 0 bridgehead atoms. The van der Waals surface area contributed by atoms with E-state index in [4.69, 9.17) is 5.73 Å². The summed E-state index contributed by atoms with van der Waals surface area (Å²) >= 11 is 0. The number of likely N-dealkylation sites (tertiary alicyclic amines) is 2. The topological polar surface area (TPSA) is 102 Å². The second-order valence-electron chi connectivity index (χ2n) is 9.55. The van der Waals surface area contributed by atoms with Gasteiger partial charge in [0.25, 0.3) is 0 Å². The number of hydrogen-bond donors (Lipinski definition) is 2. The second-order valence-corrected chi connectivity index (χ2v) is 9.55.